The summed E-state index contributed by atoms with van der Waals surface area (Å²) in [5.74, 6) is 0.265. The summed E-state index contributed by atoms with van der Waals surface area (Å²) in [6, 6.07) is 6.90. The van der Waals surface area contributed by atoms with Crippen molar-refractivity contribution in [3.63, 3.8) is 0 Å². The van der Waals surface area contributed by atoms with Gasteiger partial charge in [-0.05, 0) is 43.7 Å². The zero-order valence-electron chi connectivity index (χ0n) is 13.9. The van der Waals surface area contributed by atoms with Crippen molar-refractivity contribution in [3.8, 4) is 6.07 Å². The summed E-state index contributed by atoms with van der Waals surface area (Å²) >= 11 is 0. The molecular weight excluding hydrogens is 305 g/mol. The Kier molecular flexibility index (Phi) is 5.34. The number of carbonyl (C=O) groups is 1. The Morgan fingerprint density at radius 1 is 1.25 bits per heavy atom. The molecule has 1 aromatic rings. The van der Waals surface area contributed by atoms with E-state index in [-0.39, 0.29) is 17.5 Å². The van der Waals surface area contributed by atoms with Gasteiger partial charge in [0, 0.05) is 25.6 Å². The topological polar surface area (TPSA) is 56.1 Å². The fourth-order valence-electron chi connectivity index (χ4n) is 3.91. The molecule has 0 spiro atoms. The molecule has 0 unspecified atom stereocenters. The summed E-state index contributed by atoms with van der Waals surface area (Å²) in [7, 11) is 0. The maximum Gasteiger partial charge on any atom is 0.220 e. The molecule has 0 bridgehead atoms. The van der Waals surface area contributed by atoms with Crippen molar-refractivity contribution in [2.45, 2.75) is 51.0 Å². The summed E-state index contributed by atoms with van der Waals surface area (Å²) in [5, 5.41) is 12.3. The number of nitriles is 1. The van der Waals surface area contributed by atoms with Crippen LogP contribution in [0.2, 0.25) is 0 Å². The van der Waals surface area contributed by atoms with E-state index in [4.69, 9.17) is 5.26 Å². The lowest BCUT2D eigenvalue weighted by Gasteiger charge is -2.34. The van der Waals surface area contributed by atoms with Crippen molar-refractivity contribution in [1.82, 2.24) is 5.32 Å². The number of carbonyl (C=O) groups excluding carboxylic acids is 1. The molecule has 2 aliphatic rings. The van der Waals surface area contributed by atoms with E-state index in [1.807, 2.05) is 11.0 Å². The highest BCUT2D eigenvalue weighted by Gasteiger charge is 2.25. The highest BCUT2D eigenvalue weighted by Crippen LogP contribution is 2.28. The minimum absolute atomic E-state index is 0.112. The highest BCUT2D eigenvalue weighted by molar-refractivity contribution is 5.76. The van der Waals surface area contributed by atoms with Gasteiger partial charge >= 0.3 is 0 Å². The summed E-state index contributed by atoms with van der Waals surface area (Å²) in [6.07, 6.45) is 7.19. The van der Waals surface area contributed by atoms with Crippen LogP contribution >= 0.6 is 0 Å². The number of piperidine rings is 1. The van der Waals surface area contributed by atoms with Gasteiger partial charge in [0.15, 0.2) is 0 Å². The fourth-order valence-corrected chi connectivity index (χ4v) is 3.91. The zero-order chi connectivity index (χ0) is 16.9. The second-order valence-corrected chi connectivity index (χ2v) is 6.93. The lowest BCUT2D eigenvalue weighted by molar-refractivity contribution is -0.122. The maximum absolute atomic E-state index is 13.7. The molecule has 5 heteroatoms. The van der Waals surface area contributed by atoms with Gasteiger partial charge in [0.25, 0.3) is 0 Å². The molecule has 1 heterocycles. The van der Waals surface area contributed by atoms with Gasteiger partial charge in [0.2, 0.25) is 5.91 Å². The second kappa shape index (κ2) is 7.65. The minimum atomic E-state index is -0.470. The number of nitrogens with one attached hydrogen (secondary N) is 1. The van der Waals surface area contributed by atoms with Crippen molar-refractivity contribution in [1.29, 1.82) is 5.26 Å². The van der Waals surface area contributed by atoms with E-state index in [1.165, 1.54) is 31.7 Å². The maximum atomic E-state index is 13.7. The molecule has 0 radical (unpaired) electrons. The molecule has 2 fully saturated rings. The van der Waals surface area contributed by atoms with Crippen LogP contribution in [-0.2, 0) is 4.79 Å². The number of benzene rings is 1. The van der Waals surface area contributed by atoms with Crippen molar-refractivity contribution in [2.75, 3.05) is 18.0 Å². The monoisotopic (exact) mass is 329 g/mol. The molecule has 0 atom stereocenters. The summed E-state index contributed by atoms with van der Waals surface area (Å²) in [5.41, 5.74) is 0.773. The SMILES string of the molecule is N#Cc1c(F)cccc1N1CCC(NC(=O)CC2CCCC2)CC1. The van der Waals surface area contributed by atoms with Crippen LogP contribution in [0.1, 0.15) is 50.5 Å². The number of amides is 1. The van der Waals surface area contributed by atoms with Crippen LogP contribution in [0.4, 0.5) is 10.1 Å². The first kappa shape index (κ1) is 16.8. The first-order valence-electron chi connectivity index (χ1n) is 8.90. The van der Waals surface area contributed by atoms with Gasteiger partial charge < -0.3 is 10.2 Å². The van der Waals surface area contributed by atoms with E-state index in [9.17, 15) is 9.18 Å². The van der Waals surface area contributed by atoms with Crippen LogP contribution in [-0.4, -0.2) is 25.0 Å². The number of nitrogens with zero attached hydrogens (tertiary/aromatic N) is 2. The lowest BCUT2D eigenvalue weighted by atomic mass is 10.0. The normalized spacial score (nSPS) is 19.2. The Labute approximate surface area is 142 Å². The number of rotatable bonds is 4. The summed E-state index contributed by atoms with van der Waals surface area (Å²) in [4.78, 5) is 14.2. The third kappa shape index (κ3) is 3.87. The fraction of sp³-hybridized carbons (Fsp3) is 0.579. The highest BCUT2D eigenvalue weighted by atomic mass is 19.1. The number of hydrogen-bond donors (Lipinski definition) is 1. The van der Waals surface area contributed by atoms with Gasteiger partial charge in [-0.25, -0.2) is 4.39 Å². The number of halogens is 1. The smallest absolute Gasteiger partial charge is 0.220 e. The van der Waals surface area contributed by atoms with Crippen molar-refractivity contribution >= 4 is 11.6 Å². The van der Waals surface area contributed by atoms with Crippen LogP contribution in [0, 0.1) is 23.1 Å². The molecule has 1 saturated heterocycles. The Hall–Kier alpha value is -2.09. The molecule has 1 aromatic carbocycles. The molecule has 24 heavy (non-hydrogen) atoms. The Bertz CT molecular complexity index is 626. The largest absolute Gasteiger partial charge is 0.370 e. The van der Waals surface area contributed by atoms with E-state index in [0.717, 1.165) is 25.9 Å². The van der Waals surface area contributed by atoms with E-state index in [2.05, 4.69) is 5.32 Å². The van der Waals surface area contributed by atoms with Gasteiger partial charge in [0.05, 0.1) is 5.69 Å². The van der Waals surface area contributed by atoms with E-state index < -0.39 is 5.82 Å². The quantitative estimate of drug-likeness (QED) is 0.921. The molecule has 1 N–H and O–H groups in total. The van der Waals surface area contributed by atoms with Crippen LogP contribution in [0.5, 0.6) is 0 Å². The average molecular weight is 329 g/mol. The Morgan fingerprint density at radius 2 is 1.96 bits per heavy atom. The van der Waals surface area contributed by atoms with Gasteiger partial charge in [-0.1, -0.05) is 18.9 Å². The average Bonchev–Trinajstić information content (AvgIpc) is 3.08. The summed E-state index contributed by atoms with van der Waals surface area (Å²) in [6.45, 7) is 1.46. The zero-order valence-corrected chi connectivity index (χ0v) is 13.9. The molecule has 4 nitrogen and oxygen atoms in total. The molecule has 1 amide bonds. The summed E-state index contributed by atoms with van der Waals surface area (Å²) < 4.78 is 13.7. The van der Waals surface area contributed by atoms with Crippen LogP contribution in [0.15, 0.2) is 18.2 Å². The third-order valence-corrected chi connectivity index (χ3v) is 5.25. The Balaban J connectivity index is 1.52. The van der Waals surface area contributed by atoms with Crippen molar-refractivity contribution in [3.05, 3.63) is 29.6 Å². The standard InChI is InChI=1S/C19H24FN3O/c20-17-6-3-7-18(16(17)13-21)23-10-8-15(9-11-23)22-19(24)12-14-4-1-2-5-14/h3,6-7,14-15H,1-2,4-5,8-12H2,(H,22,24). The minimum Gasteiger partial charge on any atom is -0.370 e. The Morgan fingerprint density at radius 3 is 2.62 bits per heavy atom. The van der Waals surface area contributed by atoms with Crippen molar-refractivity contribution in [2.24, 2.45) is 5.92 Å². The van der Waals surface area contributed by atoms with E-state index in [1.54, 1.807) is 12.1 Å². The van der Waals surface area contributed by atoms with Crippen LogP contribution < -0.4 is 10.2 Å². The molecule has 1 aliphatic heterocycles. The lowest BCUT2D eigenvalue weighted by Crippen LogP contribution is -2.45. The molecule has 0 aromatic heterocycles. The van der Waals surface area contributed by atoms with E-state index >= 15 is 0 Å². The van der Waals surface area contributed by atoms with Crippen LogP contribution in [0.25, 0.3) is 0 Å². The predicted octanol–water partition coefficient (Wildman–Crippen LogP) is 3.36. The second-order valence-electron chi connectivity index (χ2n) is 6.93. The number of anilines is 1. The third-order valence-electron chi connectivity index (χ3n) is 5.25. The molecule has 3 rings (SSSR count). The molecule has 1 saturated carbocycles. The first-order chi connectivity index (χ1) is 11.7. The molecule has 128 valence electrons. The van der Waals surface area contributed by atoms with Gasteiger partial charge in [0.1, 0.15) is 17.4 Å². The first-order valence-corrected chi connectivity index (χ1v) is 8.90. The molecular formula is C19H24FN3O. The van der Waals surface area contributed by atoms with Crippen molar-refractivity contribution < 1.29 is 9.18 Å². The van der Waals surface area contributed by atoms with Gasteiger partial charge in [-0.15, -0.1) is 0 Å². The van der Waals surface area contributed by atoms with Crippen LogP contribution in [0.3, 0.4) is 0 Å². The number of hydrogen-bond acceptors (Lipinski definition) is 3. The predicted molar refractivity (Wildman–Crippen MR) is 91.1 cm³/mol. The van der Waals surface area contributed by atoms with Gasteiger partial charge in [-0.2, -0.15) is 5.26 Å². The molecule has 1 aliphatic carbocycles. The van der Waals surface area contributed by atoms with E-state index in [0.29, 0.717) is 18.0 Å². The van der Waals surface area contributed by atoms with Gasteiger partial charge in [-0.3, -0.25) is 4.79 Å².